The molecule has 4 heteroatoms. The summed E-state index contributed by atoms with van der Waals surface area (Å²) in [7, 11) is 0. The van der Waals surface area contributed by atoms with Crippen molar-refractivity contribution in [3.8, 4) is 0 Å². The monoisotopic (exact) mass is 322 g/mol. The second kappa shape index (κ2) is 6.63. The summed E-state index contributed by atoms with van der Waals surface area (Å²) in [6.07, 6.45) is 2.04. The molecule has 0 bridgehead atoms. The minimum Gasteiger partial charge on any atom is -0.298 e. The van der Waals surface area contributed by atoms with E-state index in [0.717, 1.165) is 12.0 Å². The Hall–Kier alpha value is -0.0500. The second-order valence-electron chi connectivity index (χ2n) is 3.60. The lowest BCUT2D eigenvalue weighted by Crippen LogP contribution is -2.16. The van der Waals surface area contributed by atoms with Gasteiger partial charge in [-0.3, -0.25) is 4.79 Å². The van der Waals surface area contributed by atoms with Gasteiger partial charge in [0.25, 0.3) is 0 Å². The third-order valence-electron chi connectivity index (χ3n) is 2.28. The predicted octanol–water partition coefficient (Wildman–Crippen LogP) is 4.67. The predicted molar refractivity (Wildman–Crippen MR) is 72.8 cm³/mol. The third kappa shape index (κ3) is 3.76. The van der Waals surface area contributed by atoms with Gasteiger partial charge in [0.2, 0.25) is 0 Å². The maximum atomic E-state index is 11.6. The summed E-state index contributed by atoms with van der Waals surface area (Å²) in [5.41, 5.74) is 0.903. The van der Waals surface area contributed by atoms with Crippen molar-refractivity contribution in [2.75, 3.05) is 0 Å². The highest BCUT2D eigenvalue weighted by Crippen LogP contribution is 2.27. The first-order valence-corrected chi connectivity index (χ1v) is 6.83. The molecule has 0 aliphatic carbocycles. The van der Waals surface area contributed by atoms with Gasteiger partial charge >= 0.3 is 0 Å². The van der Waals surface area contributed by atoms with Crippen molar-refractivity contribution in [2.24, 2.45) is 0 Å². The molecule has 1 rings (SSSR count). The highest BCUT2D eigenvalue weighted by molar-refractivity contribution is 9.10. The standard InChI is InChI=1S/C12H13BrCl2O/c1-2-4-11(16)9(13)7-8-5-3-6-10(14)12(8)15/h3,5-6,9H,2,4,7H2,1H3. The maximum absolute atomic E-state index is 11.6. The van der Waals surface area contributed by atoms with Gasteiger partial charge in [-0.25, -0.2) is 0 Å². The average molecular weight is 324 g/mol. The van der Waals surface area contributed by atoms with Crippen molar-refractivity contribution >= 4 is 44.9 Å². The van der Waals surface area contributed by atoms with Crippen LogP contribution < -0.4 is 0 Å². The third-order valence-corrected chi connectivity index (χ3v) is 3.97. The molecule has 0 heterocycles. The average Bonchev–Trinajstić information content (AvgIpc) is 2.25. The number of carbonyl (C=O) groups is 1. The molecule has 1 atom stereocenters. The van der Waals surface area contributed by atoms with Crippen LogP contribution in [0.25, 0.3) is 0 Å². The Balaban J connectivity index is 2.73. The van der Waals surface area contributed by atoms with Crippen molar-refractivity contribution in [2.45, 2.75) is 31.0 Å². The Labute approximate surface area is 114 Å². The van der Waals surface area contributed by atoms with Crippen LogP contribution in [0, 0.1) is 0 Å². The van der Waals surface area contributed by atoms with Gasteiger partial charge in [-0.1, -0.05) is 58.2 Å². The SMILES string of the molecule is CCCC(=O)C(Br)Cc1cccc(Cl)c1Cl. The van der Waals surface area contributed by atoms with Crippen molar-refractivity contribution in [1.29, 1.82) is 0 Å². The van der Waals surface area contributed by atoms with Crippen molar-refractivity contribution in [3.63, 3.8) is 0 Å². The zero-order valence-corrected chi connectivity index (χ0v) is 12.1. The van der Waals surface area contributed by atoms with Gasteiger partial charge in [0.05, 0.1) is 14.9 Å². The summed E-state index contributed by atoms with van der Waals surface area (Å²) in [5, 5.41) is 1.07. The second-order valence-corrected chi connectivity index (χ2v) is 5.49. The molecule has 0 N–H and O–H groups in total. The summed E-state index contributed by atoms with van der Waals surface area (Å²) in [6, 6.07) is 5.47. The number of alkyl halides is 1. The fourth-order valence-electron chi connectivity index (χ4n) is 1.42. The molecule has 0 saturated heterocycles. The summed E-state index contributed by atoms with van der Waals surface area (Å²) in [5.74, 6) is 0.207. The van der Waals surface area contributed by atoms with Crippen LogP contribution in [-0.2, 0) is 11.2 Å². The molecular weight excluding hydrogens is 311 g/mol. The van der Waals surface area contributed by atoms with Crippen molar-refractivity contribution in [3.05, 3.63) is 33.8 Å². The zero-order valence-electron chi connectivity index (χ0n) is 8.97. The summed E-state index contributed by atoms with van der Waals surface area (Å²) >= 11 is 15.3. The molecule has 0 aliphatic rings. The lowest BCUT2D eigenvalue weighted by Gasteiger charge is -2.10. The van der Waals surface area contributed by atoms with Crippen LogP contribution in [0.5, 0.6) is 0 Å². The molecule has 0 saturated carbocycles. The van der Waals surface area contributed by atoms with E-state index in [0.29, 0.717) is 22.9 Å². The van der Waals surface area contributed by atoms with Crippen LogP contribution in [0.1, 0.15) is 25.3 Å². The number of hydrogen-bond donors (Lipinski definition) is 0. The molecular formula is C12H13BrCl2O. The Morgan fingerprint density at radius 1 is 1.44 bits per heavy atom. The normalized spacial score (nSPS) is 12.5. The topological polar surface area (TPSA) is 17.1 Å². The number of rotatable bonds is 5. The van der Waals surface area contributed by atoms with Crippen LogP contribution in [0.2, 0.25) is 10.0 Å². The summed E-state index contributed by atoms with van der Waals surface area (Å²) in [4.78, 5) is 11.4. The van der Waals surface area contributed by atoms with Gasteiger partial charge in [0, 0.05) is 6.42 Å². The number of halogens is 3. The van der Waals surface area contributed by atoms with Gasteiger partial charge in [-0.05, 0) is 24.5 Å². The van der Waals surface area contributed by atoms with Crippen LogP contribution in [0.4, 0.5) is 0 Å². The molecule has 0 amide bonds. The molecule has 0 radical (unpaired) electrons. The first-order valence-electron chi connectivity index (χ1n) is 5.16. The van der Waals surface area contributed by atoms with E-state index in [-0.39, 0.29) is 10.6 Å². The van der Waals surface area contributed by atoms with Crippen molar-refractivity contribution in [1.82, 2.24) is 0 Å². The molecule has 1 unspecified atom stereocenters. The zero-order chi connectivity index (χ0) is 12.1. The Morgan fingerprint density at radius 2 is 2.12 bits per heavy atom. The fourth-order valence-corrected chi connectivity index (χ4v) is 2.39. The molecule has 88 valence electrons. The molecule has 1 aromatic rings. The minimum atomic E-state index is -0.177. The van der Waals surface area contributed by atoms with E-state index in [2.05, 4.69) is 15.9 Å². The van der Waals surface area contributed by atoms with Gasteiger partial charge in [0.1, 0.15) is 5.78 Å². The van der Waals surface area contributed by atoms with Crippen LogP contribution in [0.15, 0.2) is 18.2 Å². The number of hydrogen-bond acceptors (Lipinski definition) is 1. The fraction of sp³-hybridized carbons (Fsp3) is 0.417. The van der Waals surface area contributed by atoms with Gasteiger partial charge < -0.3 is 0 Å². The molecule has 1 nitrogen and oxygen atoms in total. The van der Waals surface area contributed by atoms with E-state index in [1.807, 2.05) is 19.1 Å². The first kappa shape index (κ1) is 14.0. The molecule has 16 heavy (non-hydrogen) atoms. The van der Waals surface area contributed by atoms with E-state index in [4.69, 9.17) is 23.2 Å². The smallest absolute Gasteiger partial charge is 0.146 e. The number of carbonyl (C=O) groups excluding carboxylic acids is 1. The van der Waals surface area contributed by atoms with Crippen molar-refractivity contribution < 1.29 is 4.79 Å². The minimum absolute atomic E-state index is 0.177. The Bertz CT molecular complexity index is 379. The molecule has 0 spiro atoms. The number of benzene rings is 1. The lowest BCUT2D eigenvalue weighted by atomic mass is 10.1. The highest BCUT2D eigenvalue weighted by atomic mass is 79.9. The van der Waals surface area contributed by atoms with E-state index in [1.54, 1.807) is 6.07 Å². The number of ketones is 1. The van der Waals surface area contributed by atoms with Crippen LogP contribution >= 0.6 is 39.1 Å². The Morgan fingerprint density at radius 3 is 2.75 bits per heavy atom. The van der Waals surface area contributed by atoms with E-state index >= 15 is 0 Å². The summed E-state index contributed by atoms with van der Waals surface area (Å²) in [6.45, 7) is 1.99. The van der Waals surface area contributed by atoms with Crippen LogP contribution in [0.3, 0.4) is 0 Å². The van der Waals surface area contributed by atoms with E-state index in [9.17, 15) is 4.79 Å². The Kier molecular flexibility index (Phi) is 5.81. The molecule has 0 aromatic heterocycles. The van der Waals surface area contributed by atoms with E-state index in [1.165, 1.54) is 0 Å². The summed E-state index contributed by atoms with van der Waals surface area (Å²) < 4.78 is 0. The van der Waals surface area contributed by atoms with Crippen LogP contribution in [-0.4, -0.2) is 10.6 Å². The molecule has 0 fully saturated rings. The largest absolute Gasteiger partial charge is 0.298 e. The van der Waals surface area contributed by atoms with Gasteiger partial charge in [-0.15, -0.1) is 0 Å². The van der Waals surface area contributed by atoms with Gasteiger partial charge in [-0.2, -0.15) is 0 Å². The highest BCUT2D eigenvalue weighted by Gasteiger charge is 2.16. The first-order chi connectivity index (χ1) is 7.56. The number of Topliss-reactive ketones (excluding diaryl/α,β-unsaturated/α-hetero) is 1. The lowest BCUT2D eigenvalue weighted by molar-refractivity contribution is -0.118. The van der Waals surface area contributed by atoms with E-state index < -0.39 is 0 Å². The molecule has 0 aliphatic heterocycles. The molecule has 1 aromatic carbocycles. The quantitative estimate of drug-likeness (QED) is 0.720. The maximum Gasteiger partial charge on any atom is 0.146 e. The van der Waals surface area contributed by atoms with Gasteiger partial charge in [0.15, 0.2) is 0 Å².